The van der Waals surface area contributed by atoms with Crippen molar-refractivity contribution in [2.45, 2.75) is 64.8 Å². The maximum Gasteiger partial charge on any atom is 0.324 e. The van der Waals surface area contributed by atoms with Crippen LogP contribution in [-0.4, -0.2) is 45.5 Å². The number of urea groups is 1. The summed E-state index contributed by atoms with van der Waals surface area (Å²) in [6, 6.07) is 4.01. The van der Waals surface area contributed by atoms with Gasteiger partial charge in [-0.25, -0.2) is 4.79 Å². The second-order valence-electron chi connectivity index (χ2n) is 6.92. The Kier molecular flexibility index (Phi) is 10.4. The van der Waals surface area contributed by atoms with Gasteiger partial charge in [0.1, 0.15) is 11.4 Å². The molecule has 8 nitrogen and oxygen atoms in total. The van der Waals surface area contributed by atoms with Gasteiger partial charge in [-0.3, -0.25) is 9.69 Å². The molecule has 0 spiro atoms. The summed E-state index contributed by atoms with van der Waals surface area (Å²) in [5.41, 5.74) is 0.657. The zero-order chi connectivity index (χ0) is 22.0. The summed E-state index contributed by atoms with van der Waals surface area (Å²) in [5, 5.41) is 2.54. The van der Waals surface area contributed by atoms with Crippen LogP contribution in [0.25, 0.3) is 0 Å². The van der Waals surface area contributed by atoms with Gasteiger partial charge in [0.25, 0.3) is 0 Å². The first-order valence-corrected chi connectivity index (χ1v) is 10.8. The minimum absolute atomic E-state index is 0.108. The maximum atomic E-state index is 13.1. The van der Waals surface area contributed by atoms with E-state index in [1.54, 1.807) is 19.1 Å². The van der Waals surface area contributed by atoms with Gasteiger partial charge < -0.3 is 10.1 Å². The molecule has 9 heteroatoms. The maximum absolute atomic E-state index is 13.1. The molecule has 0 aliphatic carbocycles. The monoisotopic (exact) mass is 425 g/mol. The fourth-order valence-corrected chi connectivity index (χ4v) is 3.42. The third kappa shape index (κ3) is 7.16. The smallest absolute Gasteiger partial charge is 0.324 e. The molecule has 2 unspecified atom stereocenters. The summed E-state index contributed by atoms with van der Waals surface area (Å²) < 4.78 is 30.6. The molecule has 3 amide bonds. The largest absolute Gasteiger partial charge is 0.494 e. The number of carbonyl (C=O) groups is 2. The lowest BCUT2D eigenvalue weighted by atomic mass is 9.97. The highest BCUT2D eigenvalue weighted by molar-refractivity contribution is 7.61. The van der Waals surface area contributed by atoms with E-state index in [0.717, 1.165) is 32.1 Å². The molecule has 29 heavy (non-hydrogen) atoms. The number of hydrogen-bond donors (Lipinski definition) is 1. The van der Waals surface area contributed by atoms with E-state index in [4.69, 9.17) is 4.74 Å². The first-order chi connectivity index (χ1) is 13.8. The van der Waals surface area contributed by atoms with E-state index < -0.39 is 22.4 Å². The molecule has 2 atom stereocenters. The van der Waals surface area contributed by atoms with E-state index in [9.17, 15) is 18.0 Å². The summed E-state index contributed by atoms with van der Waals surface area (Å²) >= 11 is 0. The van der Waals surface area contributed by atoms with Gasteiger partial charge in [-0.05, 0) is 38.0 Å². The third-order valence-electron chi connectivity index (χ3n) is 4.83. The summed E-state index contributed by atoms with van der Waals surface area (Å²) in [6.45, 7) is 5.67. The van der Waals surface area contributed by atoms with Crippen molar-refractivity contribution in [3.8, 4) is 5.75 Å². The molecule has 0 aromatic heterocycles. The number of hydrogen-bond acceptors (Lipinski definition) is 6. The molecule has 0 bridgehead atoms. The Morgan fingerprint density at radius 1 is 1.21 bits per heavy atom. The fraction of sp³-hybridized carbons (Fsp3) is 0.600. The lowest BCUT2D eigenvalue weighted by Gasteiger charge is -2.29. The first kappa shape index (κ1) is 24.6. The van der Waals surface area contributed by atoms with Crippen LogP contribution in [0.4, 0.5) is 10.5 Å². The highest BCUT2D eigenvalue weighted by atomic mass is 32.2. The topological polar surface area (TPSA) is 105 Å². The normalized spacial score (nSPS) is 12.6. The summed E-state index contributed by atoms with van der Waals surface area (Å²) in [7, 11) is 0.242. The average Bonchev–Trinajstić information content (AvgIpc) is 2.70. The van der Waals surface area contributed by atoms with Crippen molar-refractivity contribution in [3.63, 3.8) is 0 Å². The van der Waals surface area contributed by atoms with Crippen molar-refractivity contribution in [2.75, 3.05) is 14.2 Å². The Hall–Kier alpha value is -2.42. The van der Waals surface area contributed by atoms with Crippen molar-refractivity contribution in [2.24, 2.45) is 4.36 Å². The molecule has 0 saturated heterocycles. The second kappa shape index (κ2) is 12.2. The van der Waals surface area contributed by atoms with Crippen molar-refractivity contribution >= 4 is 28.1 Å². The van der Waals surface area contributed by atoms with E-state index in [0.29, 0.717) is 5.56 Å². The number of carbonyl (C=O) groups excluding carboxylic acids is 2. The van der Waals surface area contributed by atoms with E-state index in [1.165, 1.54) is 25.1 Å². The van der Waals surface area contributed by atoms with E-state index in [1.807, 2.05) is 6.92 Å². The summed E-state index contributed by atoms with van der Waals surface area (Å²) in [5.74, 6) is -0.734. The predicted octanol–water partition coefficient (Wildman–Crippen LogP) is 4.02. The number of amides is 3. The Morgan fingerprint density at radius 2 is 1.90 bits per heavy atom. The number of rotatable bonds is 10. The van der Waals surface area contributed by atoms with Crippen LogP contribution in [0.2, 0.25) is 0 Å². The van der Waals surface area contributed by atoms with Crippen molar-refractivity contribution in [3.05, 3.63) is 23.8 Å². The standard InChI is InChI=1S/C20H31N3O5S/c1-6-7-8-9-10-14(2)23(20(25)21-4)19(24)15(3)16-11-12-18(28-5)17(13-16)22-29(26)27/h11-15H,6-10H2,1-5H3,(H,21,25). The fourth-order valence-electron chi connectivity index (χ4n) is 3.11. The van der Waals surface area contributed by atoms with E-state index in [-0.39, 0.29) is 23.4 Å². The predicted molar refractivity (Wildman–Crippen MR) is 112 cm³/mol. The average molecular weight is 426 g/mol. The highest BCUT2D eigenvalue weighted by Crippen LogP contribution is 2.32. The van der Waals surface area contributed by atoms with Gasteiger partial charge in [-0.2, -0.15) is 8.42 Å². The minimum Gasteiger partial charge on any atom is -0.494 e. The Labute approximate surface area is 174 Å². The summed E-state index contributed by atoms with van der Waals surface area (Å²) in [6.07, 6.45) is 4.95. The highest BCUT2D eigenvalue weighted by Gasteiger charge is 2.30. The zero-order valence-corrected chi connectivity index (χ0v) is 18.6. The van der Waals surface area contributed by atoms with Crippen molar-refractivity contribution < 1.29 is 22.7 Å². The molecule has 162 valence electrons. The van der Waals surface area contributed by atoms with Crippen LogP contribution >= 0.6 is 0 Å². The van der Waals surface area contributed by atoms with Gasteiger partial charge in [-0.15, -0.1) is 4.36 Å². The van der Waals surface area contributed by atoms with Gasteiger partial charge in [0.2, 0.25) is 5.91 Å². The Balaban J connectivity index is 3.13. The number of imide groups is 1. The molecule has 0 aliphatic rings. The van der Waals surface area contributed by atoms with Crippen LogP contribution in [0.5, 0.6) is 5.75 Å². The number of nitrogens with zero attached hydrogens (tertiary/aromatic N) is 2. The van der Waals surface area contributed by atoms with Gasteiger partial charge in [-0.1, -0.05) is 38.7 Å². The van der Waals surface area contributed by atoms with E-state index in [2.05, 4.69) is 16.6 Å². The zero-order valence-electron chi connectivity index (χ0n) is 17.8. The van der Waals surface area contributed by atoms with Crippen LogP contribution in [-0.2, 0) is 15.3 Å². The molecule has 0 aliphatic heterocycles. The molecule has 0 heterocycles. The SMILES string of the molecule is CCCCCCC(C)N(C(=O)NC)C(=O)C(C)c1ccc(OC)c(N=S(=O)=O)c1. The lowest BCUT2D eigenvalue weighted by Crippen LogP contribution is -2.49. The molecule has 1 rings (SSSR count). The van der Waals surface area contributed by atoms with Gasteiger partial charge in [0.05, 0.1) is 13.0 Å². The molecular weight excluding hydrogens is 394 g/mol. The van der Waals surface area contributed by atoms with Gasteiger partial charge in [0.15, 0.2) is 0 Å². The quantitative estimate of drug-likeness (QED) is 0.570. The lowest BCUT2D eigenvalue weighted by molar-refractivity contribution is -0.131. The Bertz CT molecular complexity index is 831. The van der Waals surface area contributed by atoms with Crippen molar-refractivity contribution in [1.82, 2.24) is 10.2 Å². The van der Waals surface area contributed by atoms with Crippen LogP contribution in [0.1, 0.15) is 64.4 Å². The number of ether oxygens (including phenoxy) is 1. The van der Waals surface area contributed by atoms with Crippen LogP contribution in [0.15, 0.2) is 22.6 Å². The number of methoxy groups -OCH3 is 1. The molecule has 1 aromatic rings. The molecule has 0 saturated carbocycles. The molecule has 1 N–H and O–H groups in total. The van der Waals surface area contributed by atoms with Gasteiger partial charge in [0, 0.05) is 13.1 Å². The Morgan fingerprint density at radius 3 is 2.45 bits per heavy atom. The minimum atomic E-state index is -2.66. The first-order valence-electron chi connectivity index (χ1n) is 9.80. The van der Waals surface area contributed by atoms with Crippen LogP contribution < -0.4 is 10.1 Å². The third-order valence-corrected chi connectivity index (χ3v) is 5.18. The van der Waals surface area contributed by atoms with Crippen LogP contribution in [0, 0.1) is 0 Å². The number of nitrogens with one attached hydrogen (secondary N) is 1. The molecule has 0 radical (unpaired) electrons. The van der Waals surface area contributed by atoms with Crippen LogP contribution in [0.3, 0.4) is 0 Å². The molecule has 0 fully saturated rings. The van der Waals surface area contributed by atoms with E-state index >= 15 is 0 Å². The molecular formula is C20H31N3O5S. The second-order valence-corrected chi connectivity index (χ2v) is 7.54. The van der Waals surface area contributed by atoms with Gasteiger partial charge >= 0.3 is 16.5 Å². The summed E-state index contributed by atoms with van der Waals surface area (Å²) in [4.78, 5) is 26.8. The van der Waals surface area contributed by atoms with Crippen molar-refractivity contribution in [1.29, 1.82) is 0 Å². The number of benzene rings is 1. The molecule has 1 aromatic carbocycles. The number of unbranched alkanes of at least 4 members (excludes halogenated alkanes) is 3.